The van der Waals surface area contributed by atoms with Gasteiger partial charge in [-0.1, -0.05) is 11.6 Å². The minimum absolute atomic E-state index is 0.0563. The summed E-state index contributed by atoms with van der Waals surface area (Å²) < 4.78 is 30.1. The Morgan fingerprint density at radius 2 is 1.90 bits per heavy atom. The van der Waals surface area contributed by atoms with E-state index in [2.05, 4.69) is 0 Å². The molecular formula is C20H17ClF2N4O3. The predicted molar refractivity (Wildman–Crippen MR) is 111 cm³/mol. The van der Waals surface area contributed by atoms with Crippen molar-refractivity contribution in [2.24, 2.45) is 5.73 Å². The molecule has 30 heavy (non-hydrogen) atoms. The fraction of sp³-hybridized carbons (Fsp3) is 0.200. The first-order valence-electron chi connectivity index (χ1n) is 8.97. The third kappa shape index (κ3) is 2.98. The molecule has 0 atom stereocenters. The van der Waals surface area contributed by atoms with Crippen LogP contribution in [0.1, 0.15) is 15.9 Å². The zero-order chi connectivity index (χ0) is 21.9. The molecule has 5 N–H and O–H groups in total. The summed E-state index contributed by atoms with van der Waals surface area (Å²) in [6, 6.07) is 3.13. The molecule has 0 saturated carbocycles. The van der Waals surface area contributed by atoms with Crippen molar-refractivity contribution in [2.45, 2.75) is 13.0 Å². The number of nitrogen functional groups attached to an aromatic ring is 1. The molecule has 7 nitrogen and oxygen atoms in total. The van der Waals surface area contributed by atoms with Gasteiger partial charge in [-0.2, -0.15) is 0 Å². The van der Waals surface area contributed by atoms with Crippen LogP contribution in [0.2, 0.25) is 5.02 Å². The van der Waals surface area contributed by atoms with Gasteiger partial charge >= 0.3 is 5.97 Å². The number of hydrogen-bond donors (Lipinski definition) is 3. The lowest BCUT2D eigenvalue weighted by atomic mass is 10.0. The van der Waals surface area contributed by atoms with Gasteiger partial charge in [0.25, 0.3) is 0 Å². The standard InChI is InChI=1S/C20H17ClF2N4O3/c1-8-17-10(2-14(23)18(8)26-5-9(24)6-26)19(28)11(20(29)30)7-27(17)16-4-15(25)13(22)3-12(16)21/h2-4,7,9H,5-6,24-25H2,1H3,(H,29,30). The van der Waals surface area contributed by atoms with E-state index >= 15 is 0 Å². The molecule has 1 aromatic heterocycles. The van der Waals surface area contributed by atoms with Gasteiger partial charge in [0.2, 0.25) is 5.43 Å². The molecule has 0 amide bonds. The van der Waals surface area contributed by atoms with Crippen molar-refractivity contribution in [2.75, 3.05) is 23.7 Å². The number of halogens is 3. The maximum Gasteiger partial charge on any atom is 0.341 e. The quantitative estimate of drug-likeness (QED) is 0.546. The molecule has 0 bridgehead atoms. The Hall–Kier alpha value is -3.17. The number of aryl methyl sites for hydroxylation is 1. The Labute approximate surface area is 174 Å². The summed E-state index contributed by atoms with van der Waals surface area (Å²) in [6.07, 6.45) is 1.09. The van der Waals surface area contributed by atoms with Crippen LogP contribution in [-0.2, 0) is 0 Å². The first kappa shape index (κ1) is 20.1. The minimum atomic E-state index is -1.49. The van der Waals surface area contributed by atoms with Crippen molar-refractivity contribution in [1.82, 2.24) is 4.57 Å². The van der Waals surface area contributed by atoms with Crippen molar-refractivity contribution >= 4 is 39.8 Å². The number of benzene rings is 2. The number of nitrogens with zero attached hydrogens (tertiary/aromatic N) is 2. The number of carbonyl (C=O) groups is 1. The summed E-state index contributed by atoms with van der Waals surface area (Å²) in [4.78, 5) is 26.1. The number of anilines is 2. The van der Waals surface area contributed by atoms with Gasteiger partial charge in [-0.15, -0.1) is 0 Å². The number of pyridine rings is 1. The van der Waals surface area contributed by atoms with Gasteiger partial charge in [0.15, 0.2) is 0 Å². The molecule has 10 heteroatoms. The van der Waals surface area contributed by atoms with Crippen LogP contribution in [0.5, 0.6) is 0 Å². The SMILES string of the molecule is Cc1c(N2CC(N)C2)c(F)cc2c(=O)c(C(=O)O)cn(-c3cc(N)c(F)cc3Cl)c12. The molecular weight excluding hydrogens is 418 g/mol. The highest BCUT2D eigenvalue weighted by Gasteiger charge is 2.29. The number of fused-ring (bicyclic) bond motifs is 1. The second kappa shape index (κ2) is 6.96. The van der Waals surface area contributed by atoms with Crippen LogP contribution in [0.3, 0.4) is 0 Å². The second-order valence-corrected chi connectivity index (χ2v) is 7.67. The van der Waals surface area contributed by atoms with Crippen molar-refractivity contribution in [1.29, 1.82) is 0 Å². The lowest BCUT2D eigenvalue weighted by Crippen LogP contribution is -2.56. The molecule has 1 aliphatic heterocycles. The van der Waals surface area contributed by atoms with Crippen LogP contribution >= 0.6 is 11.6 Å². The van der Waals surface area contributed by atoms with Gasteiger partial charge in [-0.25, -0.2) is 13.6 Å². The van der Waals surface area contributed by atoms with E-state index in [1.54, 1.807) is 11.8 Å². The lowest BCUT2D eigenvalue weighted by molar-refractivity contribution is 0.0695. The zero-order valence-electron chi connectivity index (χ0n) is 15.7. The largest absolute Gasteiger partial charge is 0.477 e. The average molecular weight is 435 g/mol. The maximum absolute atomic E-state index is 14.9. The third-order valence-electron chi connectivity index (χ3n) is 5.23. The van der Waals surface area contributed by atoms with Gasteiger partial charge < -0.3 is 26.0 Å². The Balaban J connectivity index is 2.14. The van der Waals surface area contributed by atoms with Gasteiger partial charge in [0.05, 0.1) is 33.0 Å². The van der Waals surface area contributed by atoms with Crippen LogP contribution in [0, 0.1) is 18.6 Å². The number of hydrogen-bond acceptors (Lipinski definition) is 5. The molecule has 0 aliphatic carbocycles. The summed E-state index contributed by atoms with van der Waals surface area (Å²) in [7, 11) is 0. The van der Waals surface area contributed by atoms with E-state index in [9.17, 15) is 23.5 Å². The molecule has 1 saturated heterocycles. The molecule has 2 heterocycles. The van der Waals surface area contributed by atoms with E-state index in [-0.39, 0.29) is 39.0 Å². The molecule has 0 spiro atoms. The van der Waals surface area contributed by atoms with E-state index < -0.39 is 28.6 Å². The molecule has 2 aromatic carbocycles. The van der Waals surface area contributed by atoms with Crippen molar-refractivity contribution in [3.63, 3.8) is 0 Å². The van der Waals surface area contributed by atoms with E-state index in [0.29, 0.717) is 18.7 Å². The Bertz CT molecular complexity index is 1290. The third-order valence-corrected chi connectivity index (χ3v) is 5.54. The Morgan fingerprint density at radius 3 is 2.50 bits per heavy atom. The van der Waals surface area contributed by atoms with Crippen molar-refractivity contribution < 1.29 is 18.7 Å². The summed E-state index contributed by atoms with van der Waals surface area (Å²) in [5.41, 5.74) is 10.9. The number of aromatic carboxylic acids is 1. The lowest BCUT2D eigenvalue weighted by Gasteiger charge is -2.40. The molecule has 1 fully saturated rings. The van der Waals surface area contributed by atoms with Gasteiger partial charge in [0.1, 0.15) is 17.2 Å². The molecule has 3 aromatic rings. The Morgan fingerprint density at radius 1 is 1.23 bits per heavy atom. The van der Waals surface area contributed by atoms with Gasteiger partial charge in [-0.3, -0.25) is 4.79 Å². The van der Waals surface area contributed by atoms with Gasteiger partial charge in [0, 0.05) is 30.9 Å². The molecule has 4 rings (SSSR count). The van der Waals surface area contributed by atoms with E-state index in [4.69, 9.17) is 23.1 Å². The van der Waals surface area contributed by atoms with E-state index in [0.717, 1.165) is 18.3 Å². The van der Waals surface area contributed by atoms with Crippen molar-refractivity contribution in [3.8, 4) is 5.69 Å². The monoisotopic (exact) mass is 434 g/mol. The summed E-state index contributed by atoms with van der Waals surface area (Å²) in [5, 5.41) is 9.28. The van der Waals surface area contributed by atoms with Gasteiger partial charge in [-0.05, 0) is 25.1 Å². The van der Waals surface area contributed by atoms with Crippen LogP contribution in [0.4, 0.5) is 20.2 Å². The Kier molecular flexibility index (Phi) is 4.67. The highest BCUT2D eigenvalue weighted by molar-refractivity contribution is 6.32. The second-order valence-electron chi connectivity index (χ2n) is 7.27. The van der Waals surface area contributed by atoms with Crippen LogP contribution in [0.15, 0.2) is 29.2 Å². The minimum Gasteiger partial charge on any atom is -0.477 e. The zero-order valence-corrected chi connectivity index (χ0v) is 16.5. The smallest absolute Gasteiger partial charge is 0.341 e. The van der Waals surface area contributed by atoms with Crippen molar-refractivity contribution in [3.05, 3.63) is 62.4 Å². The number of nitrogens with two attached hydrogens (primary N) is 2. The molecule has 1 aliphatic rings. The molecule has 0 unspecified atom stereocenters. The molecule has 156 valence electrons. The average Bonchev–Trinajstić information content (AvgIpc) is 2.64. The number of rotatable bonds is 3. The van der Waals surface area contributed by atoms with Crippen LogP contribution < -0.4 is 21.8 Å². The first-order valence-corrected chi connectivity index (χ1v) is 9.35. The highest BCUT2D eigenvalue weighted by atomic mass is 35.5. The van der Waals surface area contributed by atoms with E-state index in [1.165, 1.54) is 10.6 Å². The summed E-state index contributed by atoms with van der Waals surface area (Å²) in [6.45, 7) is 2.48. The van der Waals surface area contributed by atoms with E-state index in [1.807, 2.05) is 0 Å². The predicted octanol–water partition coefficient (Wildman–Crippen LogP) is 2.66. The number of carboxylic acid groups (broad SMARTS) is 1. The fourth-order valence-corrected chi connectivity index (χ4v) is 4.04. The number of carboxylic acids is 1. The first-order chi connectivity index (χ1) is 14.1. The maximum atomic E-state index is 14.9. The highest BCUT2D eigenvalue weighted by Crippen LogP contribution is 2.36. The summed E-state index contributed by atoms with van der Waals surface area (Å²) in [5.74, 6) is -2.90. The summed E-state index contributed by atoms with van der Waals surface area (Å²) >= 11 is 6.21. The van der Waals surface area contributed by atoms with Crippen LogP contribution in [-0.4, -0.2) is 34.8 Å². The number of aromatic nitrogens is 1. The fourth-order valence-electron chi connectivity index (χ4n) is 3.80. The molecule has 0 radical (unpaired) electrons. The topological polar surface area (TPSA) is 115 Å². The van der Waals surface area contributed by atoms with Crippen LogP contribution in [0.25, 0.3) is 16.6 Å². The normalized spacial score (nSPS) is 14.2.